The van der Waals surface area contributed by atoms with Crippen molar-refractivity contribution < 1.29 is 4.79 Å². The molecule has 0 unspecified atom stereocenters. The predicted molar refractivity (Wildman–Crippen MR) is 62.0 cm³/mol. The van der Waals surface area contributed by atoms with Crippen molar-refractivity contribution in [2.45, 2.75) is 6.92 Å². The topological polar surface area (TPSA) is 42.0 Å². The summed E-state index contributed by atoms with van der Waals surface area (Å²) in [6.45, 7) is 1.98. The lowest BCUT2D eigenvalue weighted by Gasteiger charge is -1.99. The molecule has 0 aliphatic carbocycles. The third-order valence-corrected chi connectivity index (χ3v) is 2.98. The standard InChI is InChI=1S/C11H10N2OS/c1-8-12-6-11(15-8)9-2-4-10(5-3-9)13-7-14/h2-7H,1H3,(H,13,14). The van der Waals surface area contributed by atoms with Crippen LogP contribution in [0.5, 0.6) is 0 Å². The normalized spacial score (nSPS) is 9.93. The van der Waals surface area contributed by atoms with Crippen molar-refractivity contribution in [3.05, 3.63) is 35.5 Å². The van der Waals surface area contributed by atoms with Gasteiger partial charge in [0.1, 0.15) is 0 Å². The molecule has 1 aromatic carbocycles. The zero-order chi connectivity index (χ0) is 10.7. The Kier molecular flexibility index (Phi) is 2.78. The highest BCUT2D eigenvalue weighted by molar-refractivity contribution is 7.15. The van der Waals surface area contributed by atoms with Gasteiger partial charge < -0.3 is 5.32 Å². The van der Waals surface area contributed by atoms with Crippen LogP contribution < -0.4 is 5.32 Å². The second-order valence-electron chi connectivity index (χ2n) is 3.08. The van der Waals surface area contributed by atoms with Gasteiger partial charge in [-0.3, -0.25) is 4.79 Å². The Morgan fingerprint density at radius 3 is 2.60 bits per heavy atom. The van der Waals surface area contributed by atoms with Gasteiger partial charge in [-0.15, -0.1) is 11.3 Å². The molecule has 0 saturated carbocycles. The van der Waals surface area contributed by atoms with E-state index in [9.17, 15) is 4.79 Å². The number of carbonyl (C=O) groups is 1. The number of anilines is 1. The summed E-state index contributed by atoms with van der Waals surface area (Å²) in [7, 11) is 0. The first-order chi connectivity index (χ1) is 7.29. The molecule has 2 rings (SSSR count). The summed E-state index contributed by atoms with van der Waals surface area (Å²) in [6.07, 6.45) is 2.54. The molecule has 1 amide bonds. The number of aryl methyl sites for hydroxylation is 1. The summed E-state index contributed by atoms with van der Waals surface area (Å²) < 4.78 is 0. The zero-order valence-electron chi connectivity index (χ0n) is 8.23. The van der Waals surface area contributed by atoms with Crippen LogP contribution in [0.15, 0.2) is 30.5 Å². The Hall–Kier alpha value is -1.68. The second kappa shape index (κ2) is 4.23. The van der Waals surface area contributed by atoms with E-state index >= 15 is 0 Å². The van der Waals surface area contributed by atoms with Gasteiger partial charge >= 0.3 is 0 Å². The van der Waals surface area contributed by atoms with E-state index in [2.05, 4.69) is 10.3 Å². The van der Waals surface area contributed by atoms with Crippen LogP contribution in [-0.2, 0) is 4.79 Å². The van der Waals surface area contributed by atoms with Crippen molar-refractivity contribution in [3.8, 4) is 10.4 Å². The van der Waals surface area contributed by atoms with E-state index in [1.165, 1.54) is 0 Å². The van der Waals surface area contributed by atoms with Gasteiger partial charge in [-0.2, -0.15) is 0 Å². The second-order valence-corrected chi connectivity index (χ2v) is 4.32. The molecule has 0 spiro atoms. The van der Waals surface area contributed by atoms with Crippen molar-refractivity contribution >= 4 is 23.4 Å². The Balaban J connectivity index is 2.27. The first kappa shape index (κ1) is 9.86. The number of hydrogen-bond donors (Lipinski definition) is 1. The fraction of sp³-hybridized carbons (Fsp3) is 0.0909. The van der Waals surface area contributed by atoms with E-state index in [1.54, 1.807) is 11.3 Å². The quantitative estimate of drug-likeness (QED) is 0.805. The number of amides is 1. The lowest BCUT2D eigenvalue weighted by atomic mass is 10.2. The molecule has 0 aliphatic rings. The summed E-state index contributed by atoms with van der Waals surface area (Å²) in [5.74, 6) is 0. The Labute approximate surface area is 91.8 Å². The van der Waals surface area contributed by atoms with Gasteiger partial charge in [-0.05, 0) is 24.6 Å². The average Bonchev–Trinajstić information content (AvgIpc) is 2.67. The minimum atomic E-state index is 0.672. The van der Waals surface area contributed by atoms with E-state index < -0.39 is 0 Å². The third kappa shape index (κ3) is 2.22. The summed E-state index contributed by atoms with van der Waals surface area (Å²) >= 11 is 1.66. The van der Waals surface area contributed by atoms with Crippen molar-refractivity contribution in [3.63, 3.8) is 0 Å². The fourth-order valence-electron chi connectivity index (χ4n) is 1.29. The van der Waals surface area contributed by atoms with Crippen molar-refractivity contribution in [2.75, 3.05) is 5.32 Å². The van der Waals surface area contributed by atoms with Crippen LogP contribution in [0, 0.1) is 6.92 Å². The van der Waals surface area contributed by atoms with E-state index in [0.29, 0.717) is 6.41 Å². The van der Waals surface area contributed by atoms with Gasteiger partial charge in [0, 0.05) is 11.9 Å². The van der Waals surface area contributed by atoms with Crippen molar-refractivity contribution in [2.24, 2.45) is 0 Å². The molecule has 1 heterocycles. The number of nitrogens with one attached hydrogen (secondary N) is 1. The molecule has 0 radical (unpaired) electrons. The zero-order valence-corrected chi connectivity index (χ0v) is 9.04. The number of nitrogens with zero attached hydrogens (tertiary/aromatic N) is 1. The minimum absolute atomic E-state index is 0.672. The SMILES string of the molecule is Cc1ncc(-c2ccc(NC=O)cc2)s1. The lowest BCUT2D eigenvalue weighted by Crippen LogP contribution is -1.92. The molecule has 1 aromatic heterocycles. The van der Waals surface area contributed by atoms with Gasteiger partial charge in [-0.1, -0.05) is 12.1 Å². The van der Waals surface area contributed by atoms with Gasteiger partial charge in [0.25, 0.3) is 0 Å². The first-order valence-electron chi connectivity index (χ1n) is 4.52. The number of aromatic nitrogens is 1. The Morgan fingerprint density at radius 1 is 1.33 bits per heavy atom. The lowest BCUT2D eigenvalue weighted by molar-refractivity contribution is -0.105. The highest BCUT2D eigenvalue weighted by Crippen LogP contribution is 2.26. The van der Waals surface area contributed by atoms with Crippen molar-refractivity contribution in [1.82, 2.24) is 4.98 Å². The molecular weight excluding hydrogens is 208 g/mol. The van der Waals surface area contributed by atoms with Crippen molar-refractivity contribution in [1.29, 1.82) is 0 Å². The van der Waals surface area contributed by atoms with Gasteiger partial charge in [0.2, 0.25) is 6.41 Å². The summed E-state index contributed by atoms with van der Waals surface area (Å²) in [5, 5.41) is 3.65. The van der Waals surface area contributed by atoms with Gasteiger partial charge in [0.05, 0.1) is 9.88 Å². The molecule has 0 fully saturated rings. The molecule has 0 saturated heterocycles. The van der Waals surface area contributed by atoms with E-state index in [-0.39, 0.29) is 0 Å². The molecule has 2 aromatic rings. The molecule has 0 bridgehead atoms. The van der Waals surface area contributed by atoms with Crippen LogP contribution in [0.3, 0.4) is 0 Å². The molecule has 0 atom stereocenters. The van der Waals surface area contributed by atoms with E-state index in [1.807, 2.05) is 37.4 Å². The van der Waals surface area contributed by atoms with Crippen LogP contribution in [0.4, 0.5) is 5.69 Å². The van der Waals surface area contributed by atoms with Crippen LogP contribution in [0.2, 0.25) is 0 Å². The maximum Gasteiger partial charge on any atom is 0.211 e. The molecule has 76 valence electrons. The Bertz CT molecular complexity index is 462. The molecule has 4 heteroatoms. The summed E-state index contributed by atoms with van der Waals surface area (Å²) in [6, 6.07) is 7.69. The number of hydrogen-bond acceptors (Lipinski definition) is 3. The average molecular weight is 218 g/mol. The Morgan fingerprint density at radius 2 is 2.07 bits per heavy atom. The molecule has 15 heavy (non-hydrogen) atoms. The number of carbonyl (C=O) groups excluding carboxylic acids is 1. The van der Waals surface area contributed by atoms with Crippen LogP contribution >= 0.6 is 11.3 Å². The number of benzene rings is 1. The van der Waals surface area contributed by atoms with E-state index in [4.69, 9.17) is 0 Å². The largest absolute Gasteiger partial charge is 0.329 e. The van der Waals surface area contributed by atoms with E-state index in [0.717, 1.165) is 21.1 Å². The highest BCUT2D eigenvalue weighted by atomic mass is 32.1. The number of thiazole rings is 1. The first-order valence-corrected chi connectivity index (χ1v) is 5.34. The highest BCUT2D eigenvalue weighted by Gasteiger charge is 2.01. The van der Waals surface area contributed by atoms with Crippen LogP contribution in [0.25, 0.3) is 10.4 Å². The molecule has 3 nitrogen and oxygen atoms in total. The maximum absolute atomic E-state index is 10.2. The minimum Gasteiger partial charge on any atom is -0.329 e. The monoisotopic (exact) mass is 218 g/mol. The smallest absolute Gasteiger partial charge is 0.211 e. The van der Waals surface area contributed by atoms with Crippen LogP contribution in [0.1, 0.15) is 5.01 Å². The van der Waals surface area contributed by atoms with Gasteiger partial charge in [0.15, 0.2) is 0 Å². The fourth-order valence-corrected chi connectivity index (χ4v) is 2.08. The third-order valence-electron chi connectivity index (χ3n) is 2.02. The van der Waals surface area contributed by atoms with Gasteiger partial charge in [-0.25, -0.2) is 4.98 Å². The molecular formula is C11H10N2OS. The number of rotatable bonds is 3. The maximum atomic E-state index is 10.2. The summed E-state index contributed by atoms with van der Waals surface area (Å²) in [5.41, 5.74) is 1.92. The summed E-state index contributed by atoms with van der Waals surface area (Å²) in [4.78, 5) is 15.6. The predicted octanol–water partition coefficient (Wildman–Crippen LogP) is 2.69. The molecule has 0 aliphatic heterocycles. The molecule has 1 N–H and O–H groups in total. The van der Waals surface area contributed by atoms with Crippen LogP contribution in [-0.4, -0.2) is 11.4 Å².